The minimum Gasteiger partial charge on any atom is -0.313 e. The molecular weight excluding hydrogens is 411 g/mol. The minimum absolute atomic E-state index is 0.0766. The number of rotatable bonds is 6. The molecule has 0 spiro atoms. The van der Waals surface area contributed by atoms with Crippen LogP contribution in [-0.2, 0) is 25.8 Å². The highest BCUT2D eigenvalue weighted by Gasteiger charge is 2.25. The molecule has 0 aliphatic heterocycles. The molecule has 7 heteroatoms. The molecule has 0 fully saturated rings. The van der Waals surface area contributed by atoms with Crippen LogP contribution in [-0.4, -0.2) is 27.1 Å². The van der Waals surface area contributed by atoms with Gasteiger partial charge in [0.2, 0.25) is 0 Å². The summed E-state index contributed by atoms with van der Waals surface area (Å²) < 4.78 is 15.6. The zero-order valence-electron chi connectivity index (χ0n) is 17.1. The number of halogens is 1. The van der Waals surface area contributed by atoms with Gasteiger partial charge in [-0.1, -0.05) is 24.3 Å². The maximum Gasteiger partial charge on any atom is 0.262 e. The number of pyridine rings is 1. The van der Waals surface area contributed by atoms with E-state index in [-0.39, 0.29) is 17.9 Å². The van der Waals surface area contributed by atoms with E-state index >= 15 is 0 Å². The second-order valence-corrected chi connectivity index (χ2v) is 9.00. The third-order valence-corrected chi connectivity index (χ3v) is 7.04. The van der Waals surface area contributed by atoms with Crippen LogP contribution in [0.25, 0.3) is 10.2 Å². The lowest BCUT2D eigenvalue weighted by Crippen LogP contribution is -2.35. The van der Waals surface area contributed by atoms with Crippen LogP contribution in [0, 0.1) is 5.82 Å². The van der Waals surface area contributed by atoms with Crippen molar-refractivity contribution in [3.05, 3.63) is 92.9 Å². The lowest BCUT2D eigenvalue weighted by atomic mass is 9.93. The molecule has 1 N–H and O–H groups in total. The minimum atomic E-state index is -0.304. The normalized spacial score (nSPS) is 15.8. The zero-order valence-corrected chi connectivity index (χ0v) is 17.9. The number of benzene rings is 1. The van der Waals surface area contributed by atoms with Crippen molar-refractivity contribution in [1.29, 1.82) is 0 Å². The van der Waals surface area contributed by atoms with E-state index in [4.69, 9.17) is 0 Å². The Bertz CT molecular complexity index is 1270. The average molecular weight is 435 g/mol. The molecule has 0 amide bonds. The molecule has 3 heterocycles. The third kappa shape index (κ3) is 4.16. The van der Waals surface area contributed by atoms with Crippen molar-refractivity contribution < 1.29 is 4.39 Å². The van der Waals surface area contributed by atoms with E-state index in [1.54, 1.807) is 35.9 Å². The number of hydrogen-bond acceptors (Lipinski definition) is 5. The summed E-state index contributed by atoms with van der Waals surface area (Å²) in [5.74, 6) is -0.304. The van der Waals surface area contributed by atoms with Crippen molar-refractivity contribution in [2.75, 3.05) is 6.54 Å². The number of nitrogens with one attached hydrogen (secondary N) is 1. The van der Waals surface area contributed by atoms with Gasteiger partial charge in [-0.15, -0.1) is 11.3 Å². The smallest absolute Gasteiger partial charge is 0.262 e. The van der Waals surface area contributed by atoms with Crippen LogP contribution in [0.4, 0.5) is 4.39 Å². The van der Waals surface area contributed by atoms with E-state index in [1.807, 2.05) is 24.4 Å². The molecule has 3 aromatic heterocycles. The molecule has 4 aromatic rings. The molecule has 31 heavy (non-hydrogen) atoms. The predicted octanol–water partition coefficient (Wildman–Crippen LogP) is 3.73. The molecule has 0 bridgehead atoms. The lowest BCUT2D eigenvalue weighted by molar-refractivity contribution is 0.465. The molecule has 1 aliphatic carbocycles. The first-order chi connectivity index (χ1) is 15.2. The van der Waals surface area contributed by atoms with Gasteiger partial charge in [-0.3, -0.25) is 14.3 Å². The van der Waals surface area contributed by atoms with Gasteiger partial charge in [0.15, 0.2) is 0 Å². The predicted molar refractivity (Wildman–Crippen MR) is 121 cm³/mol. The van der Waals surface area contributed by atoms with Crippen molar-refractivity contribution in [3.8, 4) is 0 Å². The molecule has 158 valence electrons. The molecule has 1 unspecified atom stereocenters. The molecule has 0 radical (unpaired) electrons. The monoisotopic (exact) mass is 434 g/mol. The molecule has 0 saturated heterocycles. The summed E-state index contributed by atoms with van der Waals surface area (Å²) >= 11 is 1.61. The Morgan fingerprint density at radius 1 is 1.16 bits per heavy atom. The molecule has 1 atom stereocenters. The Hall–Kier alpha value is -2.90. The molecule has 5 nitrogen and oxygen atoms in total. The van der Waals surface area contributed by atoms with Crippen LogP contribution in [0.3, 0.4) is 0 Å². The van der Waals surface area contributed by atoms with E-state index in [9.17, 15) is 9.18 Å². The average Bonchev–Trinajstić information content (AvgIpc) is 3.16. The zero-order chi connectivity index (χ0) is 21.2. The second-order valence-electron chi connectivity index (χ2n) is 7.92. The summed E-state index contributed by atoms with van der Waals surface area (Å²) in [7, 11) is 0. The van der Waals surface area contributed by atoms with Crippen molar-refractivity contribution >= 4 is 21.6 Å². The number of thiophene rings is 1. The highest BCUT2D eigenvalue weighted by molar-refractivity contribution is 7.18. The number of aromatic nitrogens is 3. The quantitative estimate of drug-likeness (QED) is 0.502. The summed E-state index contributed by atoms with van der Waals surface area (Å²) in [6, 6.07) is 12.9. The third-order valence-electron chi connectivity index (χ3n) is 5.87. The van der Waals surface area contributed by atoms with Crippen LogP contribution in [0.5, 0.6) is 0 Å². The van der Waals surface area contributed by atoms with E-state index in [0.717, 1.165) is 48.3 Å². The largest absolute Gasteiger partial charge is 0.313 e. The summed E-state index contributed by atoms with van der Waals surface area (Å²) in [5, 5.41) is 4.36. The Labute approximate surface area is 183 Å². The molecule has 1 aliphatic rings. The first-order valence-electron chi connectivity index (χ1n) is 10.6. The van der Waals surface area contributed by atoms with Gasteiger partial charge in [-0.05, 0) is 43.0 Å². The van der Waals surface area contributed by atoms with Gasteiger partial charge in [-0.25, -0.2) is 9.37 Å². The van der Waals surface area contributed by atoms with Crippen LogP contribution in [0.2, 0.25) is 0 Å². The fraction of sp³-hybridized carbons (Fsp3) is 0.292. The second kappa shape index (κ2) is 8.69. The molecule has 1 aromatic carbocycles. The van der Waals surface area contributed by atoms with E-state index in [0.29, 0.717) is 17.0 Å². The summed E-state index contributed by atoms with van der Waals surface area (Å²) in [5.41, 5.74) is 2.63. The van der Waals surface area contributed by atoms with Crippen molar-refractivity contribution in [2.24, 2.45) is 0 Å². The maximum atomic E-state index is 14.0. The fourth-order valence-electron chi connectivity index (χ4n) is 4.25. The molecule has 0 saturated carbocycles. The van der Waals surface area contributed by atoms with Gasteiger partial charge in [-0.2, -0.15) is 0 Å². The van der Waals surface area contributed by atoms with Gasteiger partial charge in [0, 0.05) is 41.3 Å². The Morgan fingerprint density at radius 3 is 2.87 bits per heavy atom. The Balaban J connectivity index is 1.33. The first-order valence-corrected chi connectivity index (χ1v) is 11.4. The van der Waals surface area contributed by atoms with Gasteiger partial charge >= 0.3 is 0 Å². The van der Waals surface area contributed by atoms with Gasteiger partial charge in [0.05, 0.1) is 18.3 Å². The van der Waals surface area contributed by atoms with Crippen molar-refractivity contribution in [1.82, 2.24) is 19.9 Å². The summed E-state index contributed by atoms with van der Waals surface area (Å²) in [6.45, 7) is 1.08. The molecular formula is C24H23FN4OS. The van der Waals surface area contributed by atoms with Crippen molar-refractivity contribution in [3.63, 3.8) is 0 Å². The number of nitrogens with zero attached hydrogens (tertiary/aromatic N) is 3. The summed E-state index contributed by atoms with van der Waals surface area (Å²) in [6.07, 6.45) is 7.03. The SMILES string of the molecule is O=c1c2c3c(sc2ncn1Cc1ccccc1F)CC(NCCc1ccccn1)CC3. The van der Waals surface area contributed by atoms with Crippen molar-refractivity contribution in [2.45, 2.75) is 38.3 Å². The molecule has 5 rings (SSSR count). The van der Waals surface area contributed by atoms with Crippen LogP contribution >= 0.6 is 11.3 Å². The number of fused-ring (bicyclic) bond motifs is 3. The topological polar surface area (TPSA) is 59.8 Å². The Morgan fingerprint density at radius 2 is 2.03 bits per heavy atom. The van der Waals surface area contributed by atoms with Crippen LogP contribution < -0.4 is 10.9 Å². The fourth-order valence-corrected chi connectivity index (χ4v) is 5.51. The van der Waals surface area contributed by atoms with Crippen LogP contribution in [0.15, 0.2) is 59.8 Å². The van der Waals surface area contributed by atoms with E-state index in [1.165, 1.54) is 15.5 Å². The Kier molecular flexibility index (Phi) is 5.61. The number of hydrogen-bond donors (Lipinski definition) is 1. The van der Waals surface area contributed by atoms with Gasteiger partial charge in [0.1, 0.15) is 10.6 Å². The lowest BCUT2D eigenvalue weighted by Gasteiger charge is -2.23. The van der Waals surface area contributed by atoms with Crippen LogP contribution in [0.1, 0.15) is 28.1 Å². The van der Waals surface area contributed by atoms with Gasteiger partial charge in [0.25, 0.3) is 5.56 Å². The standard InChI is InChI=1S/C24H23FN4OS/c25-20-7-2-1-5-16(20)14-29-15-28-23-22(24(29)30)19-9-8-18(13-21(19)31-23)27-12-10-17-6-3-4-11-26-17/h1-7,11,15,18,27H,8-10,12-14H2. The highest BCUT2D eigenvalue weighted by Crippen LogP contribution is 2.33. The highest BCUT2D eigenvalue weighted by atomic mass is 32.1. The maximum absolute atomic E-state index is 14.0. The van der Waals surface area contributed by atoms with E-state index < -0.39 is 0 Å². The number of aryl methyl sites for hydroxylation is 1. The first kappa shape index (κ1) is 20.0. The van der Waals surface area contributed by atoms with E-state index in [2.05, 4.69) is 15.3 Å². The van der Waals surface area contributed by atoms with Gasteiger partial charge < -0.3 is 5.32 Å². The summed E-state index contributed by atoms with van der Waals surface area (Å²) in [4.78, 5) is 24.1.